The van der Waals surface area contributed by atoms with Crippen molar-refractivity contribution in [3.05, 3.63) is 72.1 Å². The summed E-state index contributed by atoms with van der Waals surface area (Å²) in [5.41, 5.74) is 5.86. The number of hydrazine groups is 1. The molecule has 0 bridgehead atoms. The summed E-state index contributed by atoms with van der Waals surface area (Å²) in [5.74, 6) is -0.339. The number of hydrogen-bond acceptors (Lipinski definition) is 5. The average molecular weight is 351 g/mol. The van der Waals surface area contributed by atoms with E-state index in [1.54, 1.807) is 24.3 Å². The van der Waals surface area contributed by atoms with Crippen molar-refractivity contribution in [2.45, 2.75) is 6.92 Å². The SMILES string of the molecule is CCOc1ccc(C(=O)NNC(=O)c2cnn(-c3ccccc3)n2)cc1. The van der Waals surface area contributed by atoms with Crippen LogP contribution < -0.4 is 15.6 Å². The molecule has 1 heterocycles. The Morgan fingerprint density at radius 2 is 1.69 bits per heavy atom. The molecule has 1 aromatic heterocycles. The Labute approximate surface area is 149 Å². The average Bonchev–Trinajstić information content (AvgIpc) is 3.18. The molecule has 2 aromatic carbocycles. The summed E-state index contributed by atoms with van der Waals surface area (Å²) < 4.78 is 5.32. The monoisotopic (exact) mass is 351 g/mol. The molecule has 0 unspecified atom stereocenters. The Hall–Kier alpha value is -3.68. The summed E-state index contributed by atoms with van der Waals surface area (Å²) in [6, 6.07) is 15.8. The summed E-state index contributed by atoms with van der Waals surface area (Å²) in [6.07, 6.45) is 1.32. The number of nitrogens with zero attached hydrogens (tertiary/aromatic N) is 3. The van der Waals surface area contributed by atoms with Gasteiger partial charge in [-0.1, -0.05) is 18.2 Å². The minimum Gasteiger partial charge on any atom is -0.494 e. The van der Waals surface area contributed by atoms with E-state index < -0.39 is 11.8 Å². The van der Waals surface area contributed by atoms with E-state index in [1.807, 2.05) is 37.3 Å². The molecule has 0 aliphatic rings. The van der Waals surface area contributed by atoms with Crippen LogP contribution in [0.5, 0.6) is 5.75 Å². The fraction of sp³-hybridized carbons (Fsp3) is 0.111. The van der Waals surface area contributed by atoms with Crippen molar-refractivity contribution in [2.24, 2.45) is 0 Å². The number of carbonyl (C=O) groups is 2. The van der Waals surface area contributed by atoms with Crippen molar-refractivity contribution < 1.29 is 14.3 Å². The highest BCUT2D eigenvalue weighted by Gasteiger charge is 2.13. The number of nitrogens with one attached hydrogen (secondary N) is 2. The van der Waals surface area contributed by atoms with Crippen molar-refractivity contribution in [3.63, 3.8) is 0 Å². The maximum Gasteiger partial charge on any atom is 0.291 e. The third-order valence-electron chi connectivity index (χ3n) is 3.43. The van der Waals surface area contributed by atoms with Gasteiger partial charge in [0.2, 0.25) is 0 Å². The molecule has 26 heavy (non-hydrogen) atoms. The standard InChI is InChI=1S/C18H17N5O3/c1-2-26-15-10-8-13(9-11-15)17(24)20-21-18(25)16-12-19-23(22-16)14-6-4-3-5-7-14/h3-12H,2H2,1H3,(H,20,24)(H,21,25). The van der Waals surface area contributed by atoms with Gasteiger partial charge in [0.05, 0.1) is 18.5 Å². The number of carbonyl (C=O) groups excluding carboxylic acids is 2. The Morgan fingerprint density at radius 3 is 2.38 bits per heavy atom. The van der Waals surface area contributed by atoms with Crippen molar-refractivity contribution in [2.75, 3.05) is 6.61 Å². The van der Waals surface area contributed by atoms with Gasteiger partial charge < -0.3 is 4.74 Å². The first-order valence-electron chi connectivity index (χ1n) is 7.98. The van der Waals surface area contributed by atoms with Crippen molar-refractivity contribution in [3.8, 4) is 11.4 Å². The summed E-state index contributed by atoms with van der Waals surface area (Å²) in [5, 5.41) is 8.13. The van der Waals surface area contributed by atoms with Crippen LogP contribution in [0.4, 0.5) is 0 Å². The van der Waals surface area contributed by atoms with Gasteiger partial charge in [-0.05, 0) is 43.3 Å². The third kappa shape index (κ3) is 4.04. The van der Waals surface area contributed by atoms with Crippen LogP contribution in [0.3, 0.4) is 0 Å². The number of para-hydroxylation sites is 1. The third-order valence-corrected chi connectivity index (χ3v) is 3.43. The van der Waals surface area contributed by atoms with Crippen LogP contribution in [0.1, 0.15) is 27.8 Å². The molecule has 0 aliphatic carbocycles. The maximum absolute atomic E-state index is 12.1. The predicted molar refractivity (Wildman–Crippen MR) is 93.9 cm³/mol. The number of benzene rings is 2. The van der Waals surface area contributed by atoms with Crippen LogP contribution in [0, 0.1) is 0 Å². The van der Waals surface area contributed by atoms with E-state index in [0.29, 0.717) is 17.9 Å². The van der Waals surface area contributed by atoms with Crippen molar-refractivity contribution >= 4 is 11.8 Å². The molecule has 2 N–H and O–H groups in total. The van der Waals surface area contributed by atoms with E-state index in [-0.39, 0.29) is 5.69 Å². The Balaban J connectivity index is 1.58. The highest BCUT2D eigenvalue weighted by atomic mass is 16.5. The second-order valence-electron chi connectivity index (χ2n) is 5.22. The largest absolute Gasteiger partial charge is 0.494 e. The van der Waals surface area contributed by atoms with Gasteiger partial charge in [0.25, 0.3) is 11.8 Å². The molecule has 8 heteroatoms. The minimum atomic E-state index is -0.563. The van der Waals surface area contributed by atoms with E-state index >= 15 is 0 Å². The molecule has 0 saturated carbocycles. The van der Waals surface area contributed by atoms with Crippen molar-refractivity contribution in [1.29, 1.82) is 0 Å². The minimum absolute atomic E-state index is 0.0841. The topological polar surface area (TPSA) is 98.1 Å². The zero-order chi connectivity index (χ0) is 18.4. The van der Waals surface area contributed by atoms with Crippen LogP contribution in [-0.4, -0.2) is 33.4 Å². The number of rotatable bonds is 5. The molecular weight excluding hydrogens is 334 g/mol. The first-order chi connectivity index (χ1) is 12.7. The fourth-order valence-electron chi connectivity index (χ4n) is 2.17. The molecule has 0 radical (unpaired) electrons. The number of amides is 2. The van der Waals surface area contributed by atoms with Crippen LogP contribution in [-0.2, 0) is 0 Å². The molecule has 0 aliphatic heterocycles. The zero-order valence-corrected chi connectivity index (χ0v) is 14.0. The first-order valence-corrected chi connectivity index (χ1v) is 7.98. The summed E-state index contributed by atoms with van der Waals surface area (Å²) >= 11 is 0. The molecule has 0 saturated heterocycles. The lowest BCUT2D eigenvalue weighted by Crippen LogP contribution is -2.41. The van der Waals surface area contributed by atoms with Crippen LogP contribution in [0.2, 0.25) is 0 Å². The van der Waals surface area contributed by atoms with Gasteiger partial charge in [0, 0.05) is 5.56 Å². The number of aromatic nitrogens is 3. The molecule has 0 atom stereocenters. The lowest BCUT2D eigenvalue weighted by molar-refractivity contribution is 0.0843. The lowest BCUT2D eigenvalue weighted by atomic mass is 10.2. The number of hydrogen-bond donors (Lipinski definition) is 2. The van der Waals surface area contributed by atoms with Crippen LogP contribution >= 0.6 is 0 Å². The van der Waals surface area contributed by atoms with Gasteiger partial charge in [0.15, 0.2) is 5.69 Å². The van der Waals surface area contributed by atoms with Crippen LogP contribution in [0.25, 0.3) is 5.69 Å². The maximum atomic E-state index is 12.1. The van der Waals surface area contributed by atoms with Gasteiger partial charge in [0.1, 0.15) is 5.75 Å². The molecule has 0 fully saturated rings. The van der Waals surface area contributed by atoms with E-state index in [1.165, 1.54) is 11.0 Å². The van der Waals surface area contributed by atoms with E-state index in [2.05, 4.69) is 21.0 Å². The zero-order valence-electron chi connectivity index (χ0n) is 14.0. The molecule has 132 valence electrons. The van der Waals surface area contributed by atoms with E-state index in [4.69, 9.17) is 4.74 Å². The Bertz CT molecular complexity index is 891. The molecule has 3 rings (SSSR count). The highest BCUT2D eigenvalue weighted by Crippen LogP contribution is 2.11. The van der Waals surface area contributed by atoms with Gasteiger partial charge in [-0.15, -0.1) is 5.10 Å². The molecule has 2 amide bonds. The summed E-state index contributed by atoms with van der Waals surface area (Å²) in [6.45, 7) is 2.43. The second kappa shape index (κ2) is 7.93. The quantitative estimate of drug-likeness (QED) is 0.682. The van der Waals surface area contributed by atoms with Gasteiger partial charge in [-0.2, -0.15) is 9.90 Å². The lowest BCUT2D eigenvalue weighted by Gasteiger charge is -2.07. The van der Waals surface area contributed by atoms with Gasteiger partial charge >= 0.3 is 0 Å². The molecular formula is C18H17N5O3. The number of ether oxygens (including phenoxy) is 1. The predicted octanol–water partition coefficient (Wildman–Crippen LogP) is 1.74. The second-order valence-corrected chi connectivity index (χ2v) is 5.22. The molecule has 0 spiro atoms. The Morgan fingerprint density at radius 1 is 1.00 bits per heavy atom. The van der Waals surface area contributed by atoms with E-state index in [0.717, 1.165) is 5.69 Å². The van der Waals surface area contributed by atoms with Crippen LogP contribution in [0.15, 0.2) is 60.8 Å². The van der Waals surface area contributed by atoms with Gasteiger partial charge in [-0.3, -0.25) is 20.4 Å². The fourth-order valence-corrected chi connectivity index (χ4v) is 2.17. The molecule has 8 nitrogen and oxygen atoms in total. The highest BCUT2D eigenvalue weighted by molar-refractivity contribution is 5.98. The normalized spacial score (nSPS) is 10.2. The Kier molecular flexibility index (Phi) is 5.23. The summed E-state index contributed by atoms with van der Waals surface area (Å²) in [7, 11) is 0. The van der Waals surface area contributed by atoms with E-state index in [9.17, 15) is 9.59 Å². The van der Waals surface area contributed by atoms with Gasteiger partial charge in [-0.25, -0.2) is 0 Å². The molecule has 3 aromatic rings. The smallest absolute Gasteiger partial charge is 0.291 e. The first kappa shape index (κ1) is 17.2. The summed E-state index contributed by atoms with van der Waals surface area (Å²) in [4.78, 5) is 25.5. The van der Waals surface area contributed by atoms with Crippen molar-refractivity contribution in [1.82, 2.24) is 25.8 Å².